The number of rotatable bonds is 5. The van der Waals surface area contributed by atoms with Crippen molar-refractivity contribution in [1.82, 2.24) is 4.90 Å². The minimum Gasteiger partial charge on any atom is -0.478 e. The van der Waals surface area contributed by atoms with Crippen LogP contribution in [0, 0.1) is 5.82 Å². The SMILES string of the molecule is O=c1c(Oc2ccccc2Br)c(C(F)(F)F)oc2c3c(ccc12)OCN(CCc1ccc(F)cc1)C3. The van der Waals surface area contributed by atoms with Gasteiger partial charge in [0.15, 0.2) is 0 Å². The van der Waals surface area contributed by atoms with Gasteiger partial charge in [-0.3, -0.25) is 9.69 Å². The van der Waals surface area contributed by atoms with Gasteiger partial charge in [0.2, 0.25) is 11.2 Å². The zero-order valence-corrected chi connectivity index (χ0v) is 20.2. The van der Waals surface area contributed by atoms with Gasteiger partial charge in [0.05, 0.1) is 15.4 Å². The lowest BCUT2D eigenvalue weighted by molar-refractivity contribution is -0.154. The van der Waals surface area contributed by atoms with E-state index in [9.17, 15) is 22.4 Å². The minimum absolute atomic E-state index is 0.0444. The molecule has 0 bridgehead atoms. The van der Waals surface area contributed by atoms with Crippen LogP contribution in [0.4, 0.5) is 17.6 Å². The second kappa shape index (κ2) is 9.59. The van der Waals surface area contributed by atoms with E-state index in [0.29, 0.717) is 28.8 Å². The van der Waals surface area contributed by atoms with Crippen molar-refractivity contribution in [3.8, 4) is 17.2 Å². The summed E-state index contributed by atoms with van der Waals surface area (Å²) >= 11 is 3.21. The Kier molecular flexibility index (Phi) is 6.48. The predicted octanol–water partition coefficient (Wildman–Crippen LogP) is 6.90. The smallest absolute Gasteiger partial charge is 0.453 e. The van der Waals surface area contributed by atoms with E-state index in [2.05, 4.69) is 15.9 Å². The zero-order valence-electron chi connectivity index (χ0n) is 18.6. The van der Waals surface area contributed by atoms with Crippen LogP contribution >= 0.6 is 15.9 Å². The van der Waals surface area contributed by atoms with Crippen molar-refractivity contribution in [2.24, 2.45) is 0 Å². The molecule has 0 saturated carbocycles. The number of hydrogen-bond donors (Lipinski definition) is 0. The van der Waals surface area contributed by atoms with Gasteiger partial charge >= 0.3 is 6.18 Å². The molecule has 3 aromatic carbocycles. The zero-order chi connectivity index (χ0) is 25.4. The third-order valence-electron chi connectivity index (χ3n) is 5.80. The van der Waals surface area contributed by atoms with Gasteiger partial charge < -0.3 is 13.9 Å². The maximum Gasteiger partial charge on any atom is 0.453 e. The molecule has 10 heteroatoms. The van der Waals surface area contributed by atoms with Crippen molar-refractivity contribution in [1.29, 1.82) is 0 Å². The first-order chi connectivity index (χ1) is 17.2. The van der Waals surface area contributed by atoms with Gasteiger partial charge in [0.1, 0.15) is 29.6 Å². The Labute approximate surface area is 211 Å². The number of benzene rings is 3. The molecule has 1 aromatic heterocycles. The van der Waals surface area contributed by atoms with Crippen molar-refractivity contribution >= 4 is 26.9 Å². The van der Waals surface area contributed by atoms with Gasteiger partial charge in [-0.2, -0.15) is 13.2 Å². The third kappa shape index (κ3) is 4.83. The molecule has 5 rings (SSSR count). The fraction of sp³-hybridized carbons (Fsp3) is 0.192. The monoisotopic (exact) mass is 563 g/mol. The molecule has 0 unspecified atom stereocenters. The van der Waals surface area contributed by atoms with Crippen LogP contribution in [0.2, 0.25) is 0 Å². The van der Waals surface area contributed by atoms with Gasteiger partial charge in [0.25, 0.3) is 5.76 Å². The van der Waals surface area contributed by atoms with Gasteiger partial charge in [-0.15, -0.1) is 0 Å². The van der Waals surface area contributed by atoms with Crippen molar-refractivity contribution in [2.75, 3.05) is 13.3 Å². The van der Waals surface area contributed by atoms with E-state index in [1.54, 1.807) is 36.4 Å². The van der Waals surface area contributed by atoms with E-state index in [1.165, 1.54) is 24.3 Å². The van der Waals surface area contributed by atoms with Gasteiger partial charge in [-0.25, -0.2) is 4.39 Å². The van der Waals surface area contributed by atoms with Crippen LogP contribution in [0.25, 0.3) is 11.0 Å². The highest BCUT2D eigenvalue weighted by Gasteiger charge is 2.41. The summed E-state index contributed by atoms with van der Waals surface area (Å²) < 4.78 is 72.1. The van der Waals surface area contributed by atoms with Crippen LogP contribution in [0.15, 0.2) is 74.3 Å². The largest absolute Gasteiger partial charge is 0.478 e. The first-order valence-corrected chi connectivity index (χ1v) is 11.7. The Bertz CT molecular complexity index is 1480. The fourth-order valence-electron chi connectivity index (χ4n) is 3.99. The number of halogens is 5. The fourth-order valence-corrected chi connectivity index (χ4v) is 4.36. The van der Waals surface area contributed by atoms with E-state index >= 15 is 0 Å². The summed E-state index contributed by atoms with van der Waals surface area (Å²) in [7, 11) is 0. The summed E-state index contributed by atoms with van der Waals surface area (Å²) in [6.07, 6.45) is -4.41. The van der Waals surface area contributed by atoms with Gasteiger partial charge in [-0.1, -0.05) is 24.3 Å². The van der Waals surface area contributed by atoms with Crippen LogP contribution < -0.4 is 14.9 Å². The molecule has 0 N–H and O–H groups in total. The highest BCUT2D eigenvalue weighted by atomic mass is 79.9. The Morgan fingerprint density at radius 3 is 2.50 bits per heavy atom. The average Bonchev–Trinajstić information content (AvgIpc) is 2.85. The molecule has 4 aromatic rings. The maximum atomic E-state index is 14.0. The number of ether oxygens (including phenoxy) is 2. The summed E-state index contributed by atoms with van der Waals surface area (Å²) in [6.45, 7) is 0.916. The van der Waals surface area contributed by atoms with E-state index < -0.39 is 23.1 Å². The molecule has 0 fully saturated rings. The second-order valence-electron chi connectivity index (χ2n) is 8.24. The second-order valence-corrected chi connectivity index (χ2v) is 9.10. The summed E-state index contributed by atoms with van der Waals surface area (Å²) in [5.74, 6) is -2.41. The molecule has 0 aliphatic carbocycles. The number of nitrogens with zero attached hydrogens (tertiary/aromatic N) is 1. The molecule has 36 heavy (non-hydrogen) atoms. The number of para-hydroxylation sites is 1. The standard InChI is InChI=1S/C26H18BrF4NO4/c27-19-3-1-2-4-21(19)35-24-22(33)17-9-10-20-18(23(17)36-25(24)26(29,30)31)13-32(14-34-20)12-11-15-5-7-16(28)8-6-15/h1-10H,11-14H2. The van der Waals surface area contributed by atoms with Gasteiger partial charge in [-0.05, 0) is 64.3 Å². The Morgan fingerprint density at radius 1 is 1.03 bits per heavy atom. The van der Waals surface area contributed by atoms with E-state index in [4.69, 9.17) is 13.9 Å². The highest BCUT2D eigenvalue weighted by molar-refractivity contribution is 9.10. The number of alkyl halides is 3. The van der Waals surface area contributed by atoms with Crippen molar-refractivity contribution in [3.63, 3.8) is 0 Å². The van der Waals surface area contributed by atoms with E-state index in [0.717, 1.165) is 5.56 Å². The quantitative estimate of drug-likeness (QED) is 0.247. The molecule has 0 radical (unpaired) electrons. The van der Waals surface area contributed by atoms with Crippen LogP contribution in [-0.4, -0.2) is 18.2 Å². The molecule has 1 aliphatic heterocycles. The van der Waals surface area contributed by atoms with Crippen LogP contribution in [0.5, 0.6) is 17.2 Å². The Morgan fingerprint density at radius 2 is 1.78 bits per heavy atom. The number of hydrogen-bond acceptors (Lipinski definition) is 5. The molecule has 0 amide bonds. The van der Waals surface area contributed by atoms with Crippen LogP contribution in [-0.2, 0) is 19.1 Å². The summed E-state index contributed by atoms with van der Waals surface area (Å²) in [6, 6.07) is 15.3. The molecule has 0 spiro atoms. The van der Waals surface area contributed by atoms with Crippen molar-refractivity contribution < 1.29 is 31.5 Å². The average molecular weight is 564 g/mol. The molecular formula is C26H18BrF4NO4. The first-order valence-electron chi connectivity index (χ1n) is 10.9. The van der Waals surface area contributed by atoms with Gasteiger partial charge in [0, 0.05) is 13.1 Å². The summed E-state index contributed by atoms with van der Waals surface area (Å²) in [5.41, 5.74) is 0.106. The predicted molar refractivity (Wildman–Crippen MR) is 128 cm³/mol. The Hall–Kier alpha value is -3.37. The number of fused-ring (bicyclic) bond motifs is 3. The summed E-state index contributed by atoms with van der Waals surface area (Å²) in [5, 5.41) is -0.0483. The van der Waals surface area contributed by atoms with E-state index in [1.807, 2.05) is 4.90 Å². The molecule has 2 heterocycles. The maximum absolute atomic E-state index is 14.0. The molecule has 1 aliphatic rings. The van der Waals surface area contributed by atoms with Crippen molar-refractivity contribution in [3.05, 3.63) is 98.1 Å². The summed E-state index contributed by atoms with van der Waals surface area (Å²) in [4.78, 5) is 15.1. The molecule has 5 nitrogen and oxygen atoms in total. The molecular weight excluding hydrogens is 546 g/mol. The third-order valence-corrected chi connectivity index (χ3v) is 6.45. The Balaban J connectivity index is 1.53. The van der Waals surface area contributed by atoms with Crippen LogP contribution in [0.1, 0.15) is 16.9 Å². The first kappa shape index (κ1) is 24.3. The molecule has 0 saturated heterocycles. The van der Waals surface area contributed by atoms with E-state index in [-0.39, 0.29) is 35.8 Å². The highest BCUT2D eigenvalue weighted by Crippen LogP contribution is 2.41. The lowest BCUT2D eigenvalue weighted by atomic mass is 10.1. The molecule has 186 valence electrons. The normalized spacial score (nSPS) is 13.9. The molecule has 0 atom stereocenters. The lowest BCUT2D eigenvalue weighted by Crippen LogP contribution is -2.34. The lowest BCUT2D eigenvalue weighted by Gasteiger charge is -2.29. The van der Waals surface area contributed by atoms with Crippen LogP contribution in [0.3, 0.4) is 0 Å². The topological polar surface area (TPSA) is 51.9 Å². The van der Waals surface area contributed by atoms with Crippen molar-refractivity contribution in [2.45, 2.75) is 19.1 Å². The minimum atomic E-state index is -4.98.